The normalized spacial score (nSPS) is 19.2. The Morgan fingerprint density at radius 3 is 2.46 bits per heavy atom. The molecule has 0 unspecified atom stereocenters. The first-order chi connectivity index (χ1) is 19.4. The van der Waals surface area contributed by atoms with Crippen molar-refractivity contribution < 1.29 is 9.59 Å². The van der Waals surface area contributed by atoms with Gasteiger partial charge >= 0.3 is 0 Å². The van der Waals surface area contributed by atoms with Gasteiger partial charge in [-0.25, -0.2) is 0 Å². The molecule has 0 aliphatic carbocycles. The van der Waals surface area contributed by atoms with Gasteiger partial charge in [-0.15, -0.1) is 0 Å². The summed E-state index contributed by atoms with van der Waals surface area (Å²) in [7, 11) is 4.14. The van der Waals surface area contributed by atoms with Crippen molar-refractivity contribution >= 4 is 34.5 Å². The summed E-state index contributed by atoms with van der Waals surface area (Å²) in [6.07, 6.45) is 4.30. The van der Waals surface area contributed by atoms with Crippen LogP contribution in [0, 0.1) is 11.3 Å². The summed E-state index contributed by atoms with van der Waals surface area (Å²) in [6, 6.07) is 25.3. The van der Waals surface area contributed by atoms with E-state index in [0.717, 1.165) is 34.4 Å². The quantitative estimate of drug-likeness (QED) is 0.222. The zero-order valence-corrected chi connectivity index (χ0v) is 25.5. The fourth-order valence-corrected chi connectivity index (χ4v) is 6.78. The number of carbonyl (C=O) groups excluding carboxylic acids is 2. The lowest BCUT2D eigenvalue weighted by atomic mass is 9.70. The van der Waals surface area contributed by atoms with Gasteiger partial charge in [0.15, 0.2) is 0 Å². The minimum Gasteiger partial charge on any atom is -0.351 e. The number of benzene rings is 3. The highest BCUT2D eigenvalue weighted by atomic mass is 16.2. The first kappa shape index (κ1) is 28.7. The number of aldehydes is 1. The Bertz CT molecular complexity index is 1580. The predicted molar refractivity (Wildman–Crippen MR) is 170 cm³/mol. The smallest absolute Gasteiger partial charge is 0.223 e. The molecule has 0 spiro atoms. The summed E-state index contributed by atoms with van der Waals surface area (Å²) < 4.78 is 2.15. The Hall–Kier alpha value is -3.86. The van der Waals surface area contributed by atoms with Crippen molar-refractivity contribution in [3.63, 3.8) is 0 Å². The third-order valence-electron chi connectivity index (χ3n) is 8.70. The molecule has 41 heavy (non-hydrogen) atoms. The molecule has 5 rings (SSSR count). The maximum Gasteiger partial charge on any atom is 0.223 e. The summed E-state index contributed by atoms with van der Waals surface area (Å²) in [5.74, 6) is 0.259. The highest BCUT2D eigenvalue weighted by Gasteiger charge is 2.52. The molecule has 4 aromatic rings. The van der Waals surface area contributed by atoms with Gasteiger partial charge in [0.05, 0.1) is 11.5 Å². The van der Waals surface area contributed by atoms with E-state index < -0.39 is 5.41 Å². The van der Waals surface area contributed by atoms with Crippen molar-refractivity contribution in [2.45, 2.75) is 58.9 Å². The number of anilines is 2. The number of nitrogens with zero attached hydrogens (tertiary/aromatic N) is 3. The van der Waals surface area contributed by atoms with Crippen LogP contribution >= 0.6 is 0 Å². The van der Waals surface area contributed by atoms with E-state index in [0.29, 0.717) is 19.4 Å². The number of hydrogen-bond acceptors (Lipinski definition) is 3. The fraction of sp³-hybridized carbons (Fsp3) is 0.389. The fourth-order valence-electron chi connectivity index (χ4n) is 6.78. The van der Waals surface area contributed by atoms with Crippen molar-refractivity contribution in [3.8, 4) is 11.1 Å². The Kier molecular flexibility index (Phi) is 7.58. The minimum absolute atomic E-state index is 0.112. The van der Waals surface area contributed by atoms with E-state index in [-0.39, 0.29) is 23.3 Å². The maximum absolute atomic E-state index is 13.5. The van der Waals surface area contributed by atoms with Gasteiger partial charge in [-0.3, -0.25) is 4.79 Å². The average molecular weight is 550 g/mol. The highest BCUT2D eigenvalue weighted by Crippen LogP contribution is 2.47. The van der Waals surface area contributed by atoms with E-state index in [1.807, 2.05) is 17.0 Å². The first-order valence-electron chi connectivity index (χ1n) is 14.7. The van der Waals surface area contributed by atoms with E-state index in [1.165, 1.54) is 10.9 Å². The van der Waals surface area contributed by atoms with E-state index in [1.54, 1.807) is 0 Å². The largest absolute Gasteiger partial charge is 0.351 e. The number of carbonyl (C=O) groups is 2. The summed E-state index contributed by atoms with van der Waals surface area (Å²) in [5, 5.41) is 1.23. The van der Waals surface area contributed by atoms with Crippen molar-refractivity contribution in [2.24, 2.45) is 18.4 Å². The Morgan fingerprint density at radius 1 is 1.02 bits per heavy atom. The van der Waals surface area contributed by atoms with Crippen LogP contribution in [0.2, 0.25) is 0 Å². The Labute approximate surface area is 244 Å². The van der Waals surface area contributed by atoms with Crippen LogP contribution in [-0.2, 0) is 22.1 Å². The molecule has 2 heterocycles. The monoisotopic (exact) mass is 549 g/mol. The van der Waals surface area contributed by atoms with E-state index in [9.17, 15) is 9.59 Å². The van der Waals surface area contributed by atoms with Gasteiger partial charge in [0, 0.05) is 50.1 Å². The maximum atomic E-state index is 13.5. The highest BCUT2D eigenvalue weighted by molar-refractivity contribution is 5.87. The van der Waals surface area contributed by atoms with Gasteiger partial charge in [-0.2, -0.15) is 0 Å². The summed E-state index contributed by atoms with van der Waals surface area (Å²) in [5.41, 5.74) is 5.63. The predicted octanol–water partition coefficient (Wildman–Crippen LogP) is 7.74. The summed E-state index contributed by atoms with van der Waals surface area (Å²) >= 11 is 0. The molecule has 1 aliphatic heterocycles. The molecule has 5 nitrogen and oxygen atoms in total. The molecular formula is C36H43N3O2. The molecule has 0 saturated carbocycles. The summed E-state index contributed by atoms with van der Waals surface area (Å²) in [4.78, 5) is 30.9. The van der Waals surface area contributed by atoms with Crippen LogP contribution in [0.3, 0.4) is 0 Å². The zero-order valence-electron chi connectivity index (χ0n) is 25.5. The molecule has 214 valence electrons. The molecular weight excluding hydrogens is 506 g/mol. The lowest BCUT2D eigenvalue weighted by Crippen LogP contribution is -2.50. The number of fused-ring (bicyclic) bond motifs is 1. The van der Waals surface area contributed by atoms with Gasteiger partial charge < -0.3 is 19.2 Å². The van der Waals surface area contributed by atoms with Crippen molar-refractivity contribution in [2.75, 3.05) is 18.5 Å². The van der Waals surface area contributed by atoms with Gasteiger partial charge in [0.1, 0.15) is 6.29 Å². The Balaban J connectivity index is 1.54. The molecule has 1 aromatic heterocycles. The molecule has 1 amide bonds. The van der Waals surface area contributed by atoms with Crippen molar-refractivity contribution in [1.82, 2.24) is 9.47 Å². The molecule has 1 aliphatic rings. The van der Waals surface area contributed by atoms with E-state index >= 15 is 0 Å². The number of amides is 1. The molecule has 1 fully saturated rings. The number of para-hydroxylation sites is 1. The number of rotatable bonds is 7. The summed E-state index contributed by atoms with van der Waals surface area (Å²) in [6.45, 7) is 11.1. The van der Waals surface area contributed by atoms with Gasteiger partial charge in [0.2, 0.25) is 5.91 Å². The standard InChI is InChI=1S/C36H43N3O2/c1-25(2)34-36(24-40,18-20-39(34)33(41)23-35(3,4)5)30-13-8-9-14-31(30)38(7)29-12-10-11-27(21-29)28-16-15-26-17-19-37(6)32(26)22-28/h8-17,19,21-22,24-25,34H,18,20,23H2,1-7H3/t34-,36-/m0/s1. The zero-order chi connectivity index (χ0) is 29.5. The molecule has 3 aromatic carbocycles. The van der Waals surface area contributed by atoms with Crippen LogP contribution in [0.5, 0.6) is 0 Å². The van der Waals surface area contributed by atoms with Crippen molar-refractivity contribution in [1.29, 1.82) is 0 Å². The molecule has 0 radical (unpaired) electrons. The van der Waals surface area contributed by atoms with Crippen LogP contribution in [0.15, 0.2) is 79.0 Å². The first-order valence-corrected chi connectivity index (χ1v) is 14.7. The van der Waals surface area contributed by atoms with Crippen LogP contribution in [0.25, 0.3) is 22.0 Å². The molecule has 0 bridgehead atoms. The Morgan fingerprint density at radius 2 is 1.76 bits per heavy atom. The third-order valence-corrected chi connectivity index (χ3v) is 8.70. The second-order valence-electron chi connectivity index (χ2n) is 13.2. The van der Waals surface area contributed by atoms with Gasteiger partial charge in [-0.1, -0.05) is 77.1 Å². The number of aromatic nitrogens is 1. The minimum atomic E-state index is -0.776. The van der Waals surface area contributed by atoms with E-state index in [4.69, 9.17) is 0 Å². The SMILES string of the molecule is CC(C)[C@@H]1N(C(=O)CC(C)(C)C)CC[C@]1(C=O)c1ccccc1N(C)c1cccc(-c2ccc3ccn(C)c3c2)c1. The number of hydrogen-bond donors (Lipinski definition) is 0. The van der Waals surface area contributed by atoms with Gasteiger partial charge in [-0.05, 0) is 70.2 Å². The topological polar surface area (TPSA) is 45.6 Å². The molecule has 1 saturated heterocycles. The molecule has 5 heteroatoms. The third kappa shape index (κ3) is 5.30. The van der Waals surface area contributed by atoms with E-state index in [2.05, 4.69) is 125 Å². The molecule has 0 N–H and O–H groups in total. The lowest BCUT2D eigenvalue weighted by molar-refractivity contribution is -0.135. The van der Waals surface area contributed by atoms with Crippen LogP contribution in [0.4, 0.5) is 11.4 Å². The van der Waals surface area contributed by atoms with Crippen LogP contribution < -0.4 is 4.90 Å². The number of likely N-dealkylation sites (tertiary alicyclic amines) is 1. The van der Waals surface area contributed by atoms with Crippen LogP contribution in [0.1, 0.15) is 53.0 Å². The second-order valence-corrected chi connectivity index (χ2v) is 13.2. The molecule has 2 atom stereocenters. The van der Waals surface area contributed by atoms with Gasteiger partial charge in [0.25, 0.3) is 0 Å². The lowest BCUT2D eigenvalue weighted by Gasteiger charge is -2.40. The second kappa shape index (κ2) is 10.8. The average Bonchev–Trinajstić information content (AvgIpc) is 3.53. The number of aryl methyl sites for hydroxylation is 1. The van der Waals surface area contributed by atoms with Crippen molar-refractivity contribution in [3.05, 3.63) is 84.6 Å². The van der Waals surface area contributed by atoms with Crippen LogP contribution in [-0.4, -0.2) is 41.3 Å².